The van der Waals surface area contributed by atoms with Crippen LogP contribution >= 0.6 is 0 Å². The summed E-state index contributed by atoms with van der Waals surface area (Å²) >= 11 is 0. The molecule has 7 nitrogen and oxygen atoms in total. The summed E-state index contributed by atoms with van der Waals surface area (Å²) in [4.78, 5) is 47.1. The number of H-pyrrole nitrogens is 1. The van der Waals surface area contributed by atoms with E-state index in [1.807, 2.05) is 6.07 Å². The van der Waals surface area contributed by atoms with Crippen LogP contribution in [0.15, 0.2) is 29.1 Å². The number of hydrogen-bond donors (Lipinski definition) is 1. The Morgan fingerprint density at radius 2 is 2.00 bits per heavy atom. The van der Waals surface area contributed by atoms with Gasteiger partial charge in [0.2, 0.25) is 11.8 Å². The second kappa shape index (κ2) is 5.52. The fraction of sp³-hybridized carbons (Fsp3) is 0.412. The van der Waals surface area contributed by atoms with Gasteiger partial charge < -0.3 is 4.98 Å². The van der Waals surface area contributed by atoms with Crippen LogP contribution in [0.5, 0.6) is 0 Å². The first kappa shape index (κ1) is 15.0. The Labute approximate surface area is 138 Å². The van der Waals surface area contributed by atoms with Crippen LogP contribution in [0.1, 0.15) is 25.1 Å². The number of carbonyl (C=O) groups is 2. The molecule has 1 saturated carbocycles. The molecule has 1 atom stereocenters. The summed E-state index contributed by atoms with van der Waals surface area (Å²) in [6.45, 7) is 0.308. The highest BCUT2D eigenvalue weighted by Crippen LogP contribution is 2.32. The minimum absolute atomic E-state index is 0.0979. The molecule has 2 amide bonds. The molecule has 0 radical (unpaired) electrons. The first-order valence-corrected chi connectivity index (χ1v) is 8.08. The van der Waals surface area contributed by atoms with E-state index < -0.39 is 6.04 Å². The number of amides is 2. The van der Waals surface area contributed by atoms with Crippen molar-refractivity contribution in [3.63, 3.8) is 0 Å². The van der Waals surface area contributed by atoms with Gasteiger partial charge in [0.15, 0.2) is 0 Å². The van der Waals surface area contributed by atoms with E-state index in [9.17, 15) is 14.4 Å². The van der Waals surface area contributed by atoms with Crippen molar-refractivity contribution in [2.24, 2.45) is 0 Å². The highest BCUT2D eigenvalue weighted by molar-refractivity contribution is 6.06. The second-order valence-corrected chi connectivity index (χ2v) is 6.50. The average molecular weight is 326 g/mol. The maximum Gasteiger partial charge on any atom is 0.258 e. The molecule has 4 rings (SSSR count). The van der Waals surface area contributed by atoms with Crippen molar-refractivity contribution < 1.29 is 9.59 Å². The Hall–Kier alpha value is -2.54. The summed E-state index contributed by atoms with van der Waals surface area (Å²) in [6, 6.07) is 6.75. The summed E-state index contributed by atoms with van der Waals surface area (Å²) in [6.07, 6.45) is 2.02. The standard InChI is InChI=1S/C17H18N4O3/c1-20(13-8-15(22)21(17(13)24)10-6-7-10)9-14-18-12-5-3-2-4-11(12)16(23)19-14/h2-5,10,13H,6-9H2,1H3,(H,18,19,23)/t13-/m0/s1. The van der Waals surface area contributed by atoms with E-state index in [0.29, 0.717) is 23.3 Å². The van der Waals surface area contributed by atoms with E-state index in [1.54, 1.807) is 30.1 Å². The Bertz CT molecular complexity index is 887. The fourth-order valence-corrected chi connectivity index (χ4v) is 3.25. The van der Waals surface area contributed by atoms with E-state index in [1.165, 1.54) is 4.90 Å². The lowest BCUT2D eigenvalue weighted by Crippen LogP contribution is -2.40. The van der Waals surface area contributed by atoms with Gasteiger partial charge in [0, 0.05) is 6.04 Å². The third-order valence-electron chi connectivity index (χ3n) is 4.66. The number of rotatable bonds is 4. The number of aromatic amines is 1. The molecule has 24 heavy (non-hydrogen) atoms. The van der Waals surface area contributed by atoms with Crippen LogP contribution < -0.4 is 5.56 Å². The van der Waals surface area contributed by atoms with Gasteiger partial charge in [-0.25, -0.2) is 4.98 Å². The maximum absolute atomic E-state index is 12.5. The number of hydrogen-bond acceptors (Lipinski definition) is 5. The average Bonchev–Trinajstić information content (AvgIpc) is 3.33. The molecule has 2 heterocycles. The number of fused-ring (bicyclic) bond motifs is 1. The van der Waals surface area contributed by atoms with E-state index in [-0.39, 0.29) is 29.8 Å². The molecular weight excluding hydrogens is 308 g/mol. The molecule has 1 aliphatic carbocycles. The molecule has 124 valence electrons. The summed E-state index contributed by atoms with van der Waals surface area (Å²) in [5, 5.41) is 0.538. The van der Waals surface area contributed by atoms with Gasteiger partial charge in [-0.05, 0) is 32.0 Å². The van der Waals surface area contributed by atoms with Gasteiger partial charge in [0.25, 0.3) is 5.56 Å². The molecule has 2 fully saturated rings. The molecule has 0 bridgehead atoms. The van der Waals surface area contributed by atoms with E-state index >= 15 is 0 Å². The van der Waals surface area contributed by atoms with Crippen LogP contribution in [0.2, 0.25) is 0 Å². The number of carbonyl (C=O) groups excluding carboxylic acids is 2. The van der Waals surface area contributed by atoms with Crippen molar-refractivity contribution in [1.82, 2.24) is 19.8 Å². The molecule has 7 heteroatoms. The highest BCUT2D eigenvalue weighted by Gasteiger charge is 2.47. The molecule has 1 saturated heterocycles. The van der Waals surface area contributed by atoms with Crippen molar-refractivity contribution >= 4 is 22.7 Å². The van der Waals surface area contributed by atoms with Crippen molar-refractivity contribution in [2.75, 3.05) is 7.05 Å². The van der Waals surface area contributed by atoms with Crippen molar-refractivity contribution in [3.05, 3.63) is 40.4 Å². The summed E-state index contributed by atoms with van der Waals surface area (Å²) in [5.74, 6) is 0.263. The molecule has 0 unspecified atom stereocenters. The first-order chi connectivity index (χ1) is 11.5. The SMILES string of the molecule is CN(Cc1nc2ccccc2c(=O)[nH]1)[C@H]1CC(=O)N(C2CC2)C1=O. The smallest absolute Gasteiger partial charge is 0.258 e. The number of likely N-dealkylation sites (N-methyl/N-ethyl adjacent to an activating group) is 1. The fourth-order valence-electron chi connectivity index (χ4n) is 3.25. The van der Waals surface area contributed by atoms with Gasteiger partial charge in [-0.3, -0.25) is 24.2 Å². The van der Waals surface area contributed by atoms with Crippen LogP contribution in [-0.2, 0) is 16.1 Å². The lowest BCUT2D eigenvalue weighted by Gasteiger charge is -2.22. The molecular formula is C17H18N4O3. The zero-order chi connectivity index (χ0) is 16.8. The van der Waals surface area contributed by atoms with Gasteiger partial charge in [0.05, 0.1) is 29.9 Å². The Morgan fingerprint density at radius 3 is 2.75 bits per heavy atom. The molecule has 2 aromatic rings. The van der Waals surface area contributed by atoms with Crippen LogP contribution in [0.3, 0.4) is 0 Å². The van der Waals surface area contributed by atoms with E-state index in [0.717, 1.165) is 12.8 Å². The minimum Gasteiger partial charge on any atom is -0.309 e. The van der Waals surface area contributed by atoms with E-state index in [2.05, 4.69) is 9.97 Å². The van der Waals surface area contributed by atoms with Gasteiger partial charge in [-0.15, -0.1) is 0 Å². The Balaban J connectivity index is 1.56. The molecule has 1 aromatic heterocycles. The lowest BCUT2D eigenvalue weighted by atomic mass is 10.2. The number of imide groups is 1. The quantitative estimate of drug-likeness (QED) is 0.834. The van der Waals surface area contributed by atoms with Crippen molar-refractivity contribution in [1.29, 1.82) is 0 Å². The third kappa shape index (κ3) is 2.50. The van der Waals surface area contributed by atoms with Crippen LogP contribution in [0.4, 0.5) is 0 Å². The lowest BCUT2D eigenvalue weighted by molar-refractivity contribution is -0.140. The summed E-state index contributed by atoms with van der Waals surface area (Å²) in [7, 11) is 1.78. The van der Waals surface area contributed by atoms with Crippen molar-refractivity contribution in [2.45, 2.75) is 37.9 Å². The monoisotopic (exact) mass is 326 g/mol. The van der Waals surface area contributed by atoms with E-state index in [4.69, 9.17) is 0 Å². The number of para-hydroxylation sites is 1. The topological polar surface area (TPSA) is 86.4 Å². The predicted molar refractivity (Wildman–Crippen MR) is 87.1 cm³/mol. The summed E-state index contributed by atoms with van der Waals surface area (Å²) < 4.78 is 0. The number of aromatic nitrogens is 2. The van der Waals surface area contributed by atoms with Crippen LogP contribution in [0.25, 0.3) is 10.9 Å². The second-order valence-electron chi connectivity index (χ2n) is 6.50. The number of benzene rings is 1. The number of likely N-dealkylation sites (tertiary alicyclic amines) is 1. The van der Waals surface area contributed by atoms with Gasteiger partial charge >= 0.3 is 0 Å². The van der Waals surface area contributed by atoms with Crippen LogP contribution in [-0.4, -0.2) is 50.7 Å². The minimum atomic E-state index is -0.477. The molecule has 0 spiro atoms. The van der Waals surface area contributed by atoms with Crippen molar-refractivity contribution in [3.8, 4) is 0 Å². The first-order valence-electron chi connectivity index (χ1n) is 8.08. The summed E-state index contributed by atoms with van der Waals surface area (Å²) in [5.41, 5.74) is 0.426. The molecule has 2 aliphatic rings. The van der Waals surface area contributed by atoms with Gasteiger partial charge in [-0.1, -0.05) is 12.1 Å². The normalized spacial score (nSPS) is 21.2. The zero-order valence-corrected chi connectivity index (χ0v) is 13.4. The van der Waals surface area contributed by atoms with Gasteiger partial charge in [-0.2, -0.15) is 0 Å². The molecule has 1 aliphatic heterocycles. The number of nitrogens with zero attached hydrogens (tertiary/aromatic N) is 3. The largest absolute Gasteiger partial charge is 0.309 e. The molecule has 1 aromatic carbocycles. The molecule has 1 N–H and O–H groups in total. The predicted octanol–water partition coefficient (Wildman–Crippen LogP) is 0.645. The maximum atomic E-state index is 12.5. The van der Waals surface area contributed by atoms with Crippen LogP contribution in [0, 0.1) is 0 Å². The zero-order valence-electron chi connectivity index (χ0n) is 13.4. The Morgan fingerprint density at radius 1 is 1.25 bits per heavy atom. The highest BCUT2D eigenvalue weighted by atomic mass is 16.2. The number of nitrogens with one attached hydrogen (secondary N) is 1. The Kier molecular flexibility index (Phi) is 3.45. The third-order valence-corrected chi connectivity index (χ3v) is 4.66. The van der Waals surface area contributed by atoms with Gasteiger partial charge in [0.1, 0.15) is 5.82 Å².